The molecule has 4 aromatic rings. The number of hydrogen-bond acceptors (Lipinski definition) is 5. The fraction of sp³-hybridized carbons (Fsp3) is 0.111. The summed E-state index contributed by atoms with van der Waals surface area (Å²) >= 11 is 6.91. The van der Waals surface area contributed by atoms with Gasteiger partial charge in [-0.3, -0.25) is 9.69 Å². The minimum Gasteiger partial charge on any atom is -0.454 e. The Morgan fingerprint density at radius 1 is 1.00 bits per heavy atom. The SMILES string of the molecule is Cc1c(/C=C2\SC(=S)N(c3ccc4c(c3)OCO4)C2=O)c2ccccc2n1Cc1ccccc1. The minimum absolute atomic E-state index is 0.131. The smallest absolute Gasteiger partial charge is 0.270 e. The second-order valence-electron chi connectivity index (χ2n) is 8.14. The van der Waals surface area contributed by atoms with E-state index in [0.717, 1.165) is 28.7 Å². The molecule has 1 aromatic heterocycles. The van der Waals surface area contributed by atoms with E-state index in [2.05, 4.69) is 47.9 Å². The van der Waals surface area contributed by atoms with Gasteiger partial charge in [-0.05, 0) is 36.8 Å². The summed E-state index contributed by atoms with van der Waals surface area (Å²) in [6.45, 7) is 3.05. The van der Waals surface area contributed by atoms with Crippen LogP contribution in [0.4, 0.5) is 5.69 Å². The van der Waals surface area contributed by atoms with Crippen LogP contribution in [0.1, 0.15) is 16.8 Å². The maximum absolute atomic E-state index is 13.4. The molecule has 34 heavy (non-hydrogen) atoms. The van der Waals surface area contributed by atoms with Gasteiger partial charge in [0.15, 0.2) is 15.8 Å². The van der Waals surface area contributed by atoms with E-state index in [1.807, 2.05) is 30.3 Å². The molecule has 7 heteroatoms. The standard InChI is InChI=1S/C27H20N2O3S2/c1-17-21(20-9-5-6-10-22(20)28(17)15-18-7-3-2-4-8-18)14-25-26(30)29(27(33)34-25)19-11-12-23-24(13-19)32-16-31-23/h2-14H,15-16H2,1H3/b25-14-. The number of amides is 1. The highest BCUT2D eigenvalue weighted by Gasteiger charge is 2.34. The summed E-state index contributed by atoms with van der Waals surface area (Å²) in [5, 5.41) is 1.12. The van der Waals surface area contributed by atoms with Crippen molar-refractivity contribution in [3.63, 3.8) is 0 Å². The second-order valence-corrected chi connectivity index (χ2v) is 9.82. The number of hydrogen-bond donors (Lipinski definition) is 0. The largest absolute Gasteiger partial charge is 0.454 e. The molecule has 1 fully saturated rings. The zero-order valence-corrected chi connectivity index (χ0v) is 20.0. The number of carbonyl (C=O) groups is 1. The summed E-state index contributed by atoms with van der Waals surface area (Å²) < 4.78 is 13.7. The first-order valence-corrected chi connectivity index (χ1v) is 12.1. The number of rotatable bonds is 4. The number of thioether (sulfide) groups is 1. The molecule has 168 valence electrons. The number of anilines is 1. The lowest BCUT2D eigenvalue weighted by molar-refractivity contribution is -0.113. The van der Waals surface area contributed by atoms with Crippen molar-refractivity contribution in [1.29, 1.82) is 0 Å². The minimum atomic E-state index is -0.131. The number of aromatic nitrogens is 1. The Morgan fingerprint density at radius 3 is 2.62 bits per heavy atom. The van der Waals surface area contributed by atoms with Gasteiger partial charge in [-0.25, -0.2) is 0 Å². The van der Waals surface area contributed by atoms with Crippen LogP contribution in [0.5, 0.6) is 11.5 Å². The molecule has 2 aliphatic rings. The van der Waals surface area contributed by atoms with Crippen molar-refractivity contribution in [3.05, 3.63) is 94.5 Å². The molecule has 5 nitrogen and oxygen atoms in total. The molecule has 0 radical (unpaired) electrons. The van der Waals surface area contributed by atoms with Gasteiger partial charge < -0.3 is 14.0 Å². The Balaban J connectivity index is 1.39. The molecule has 3 aromatic carbocycles. The van der Waals surface area contributed by atoms with Gasteiger partial charge in [0.25, 0.3) is 5.91 Å². The van der Waals surface area contributed by atoms with Crippen molar-refractivity contribution in [2.75, 3.05) is 11.7 Å². The van der Waals surface area contributed by atoms with E-state index in [-0.39, 0.29) is 12.7 Å². The molecule has 0 saturated carbocycles. The van der Waals surface area contributed by atoms with Crippen LogP contribution < -0.4 is 14.4 Å². The highest BCUT2D eigenvalue weighted by Crippen LogP contribution is 2.41. The quantitative estimate of drug-likeness (QED) is 0.257. The lowest BCUT2D eigenvalue weighted by Gasteiger charge is -2.14. The first kappa shape index (κ1) is 21.0. The molecule has 0 bridgehead atoms. The number of benzene rings is 3. The third kappa shape index (κ3) is 3.48. The van der Waals surface area contributed by atoms with Gasteiger partial charge in [0, 0.05) is 34.8 Å². The van der Waals surface area contributed by atoms with Crippen LogP contribution >= 0.6 is 24.0 Å². The van der Waals surface area contributed by atoms with Gasteiger partial charge in [-0.2, -0.15) is 0 Å². The molecular formula is C27H20N2O3S2. The first-order valence-electron chi connectivity index (χ1n) is 10.9. The number of para-hydroxylation sites is 1. The average Bonchev–Trinajstić information content (AvgIpc) is 3.51. The Bertz CT molecular complexity index is 1490. The lowest BCUT2D eigenvalue weighted by Crippen LogP contribution is -2.27. The van der Waals surface area contributed by atoms with Crippen molar-refractivity contribution < 1.29 is 14.3 Å². The predicted octanol–water partition coefficient (Wildman–Crippen LogP) is 6.13. The van der Waals surface area contributed by atoms with Crippen LogP contribution in [0.15, 0.2) is 77.7 Å². The maximum Gasteiger partial charge on any atom is 0.270 e. The van der Waals surface area contributed by atoms with Crippen LogP contribution in [0.3, 0.4) is 0 Å². The molecule has 2 aliphatic heterocycles. The number of ether oxygens (including phenoxy) is 2. The molecule has 0 atom stereocenters. The summed E-state index contributed by atoms with van der Waals surface area (Å²) in [5.41, 5.74) is 5.20. The van der Waals surface area contributed by atoms with E-state index < -0.39 is 0 Å². The molecule has 0 aliphatic carbocycles. The van der Waals surface area contributed by atoms with Crippen LogP contribution in [-0.4, -0.2) is 21.6 Å². The van der Waals surface area contributed by atoms with Gasteiger partial charge in [0.05, 0.1) is 10.6 Å². The Labute approximate surface area is 206 Å². The van der Waals surface area contributed by atoms with Crippen molar-refractivity contribution in [2.24, 2.45) is 0 Å². The van der Waals surface area contributed by atoms with E-state index in [1.54, 1.807) is 17.0 Å². The topological polar surface area (TPSA) is 43.7 Å². The van der Waals surface area contributed by atoms with Crippen molar-refractivity contribution >= 4 is 56.9 Å². The molecule has 1 amide bonds. The third-order valence-corrected chi connectivity index (χ3v) is 7.45. The molecule has 0 N–H and O–H groups in total. The van der Waals surface area contributed by atoms with Gasteiger partial charge in [0.2, 0.25) is 6.79 Å². The highest BCUT2D eigenvalue weighted by atomic mass is 32.2. The molecule has 1 saturated heterocycles. The van der Waals surface area contributed by atoms with Gasteiger partial charge in [-0.1, -0.05) is 72.5 Å². The third-order valence-electron chi connectivity index (χ3n) is 6.15. The fourth-order valence-corrected chi connectivity index (χ4v) is 5.74. The van der Waals surface area contributed by atoms with E-state index in [4.69, 9.17) is 21.7 Å². The zero-order chi connectivity index (χ0) is 23.2. The molecular weight excluding hydrogens is 464 g/mol. The monoisotopic (exact) mass is 484 g/mol. The Morgan fingerprint density at radius 2 is 1.76 bits per heavy atom. The summed E-state index contributed by atoms with van der Waals surface area (Å²) in [5.74, 6) is 1.16. The second kappa shape index (κ2) is 8.34. The average molecular weight is 485 g/mol. The van der Waals surface area contributed by atoms with Crippen molar-refractivity contribution in [1.82, 2.24) is 4.57 Å². The van der Waals surface area contributed by atoms with E-state index in [1.165, 1.54) is 17.3 Å². The number of carbonyl (C=O) groups excluding carboxylic acids is 1. The lowest BCUT2D eigenvalue weighted by atomic mass is 10.1. The summed E-state index contributed by atoms with van der Waals surface area (Å²) in [4.78, 5) is 15.6. The predicted molar refractivity (Wildman–Crippen MR) is 140 cm³/mol. The Kier molecular flexibility index (Phi) is 5.16. The van der Waals surface area contributed by atoms with Gasteiger partial charge in [0.1, 0.15) is 0 Å². The van der Waals surface area contributed by atoms with Gasteiger partial charge in [-0.15, -0.1) is 0 Å². The number of nitrogens with zero attached hydrogens (tertiary/aromatic N) is 2. The first-order chi connectivity index (χ1) is 16.6. The molecule has 0 unspecified atom stereocenters. The summed E-state index contributed by atoms with van der Waals surface area (Å²) in [7, 11) is 0. The molecule has 6 rings (SSSR count). The normalized spacial score (nSPS) is 16.3. The van der Waals surface area contributed by atoms with Crippen LogP contribution in [0.2, 0.25) is 0 Å². The number of thiocarbonyl (C=S) groups is 1. The molecule has 0 spiro atoms. The number of fused-ring (bicyclic) bond motifs is 2. The summed E-state index contributed by atoms with van der Waals surface area (Å²) in [6, 6.07) is 24.1. The fourth-order valence-electron chi connectivity index (χ4n) is 4.46. The van der Waals surface area contributed by atoms with E-state index >= 15 is 0 Å². The Hall–Kier alpha value is -3.55. The van der Waals surface area contributed by atoms with Crippen LogP contribution in [-0.2, 0) is 11.3 Å². The summed E-state index contributed by atoms with van der Waals surface area (Å²) in [6.07, 6.45) is 1.98. The van der Waals surface area contributed by atoms with Crippen molar-refractivity contribution in [2.45, 2.75) is 13.5 Å². The van der Waals surface area contributed by atoms with E-state index in [9.17, 15) is 4.79 Å². The van der Waals surface area contributed by atoms with Crippen LogP contribution in [0.25, 0.3) is 17.0 Å². The van der Waals surface area contributed by atoms with E-state index in [0.29, 0.717) is 26.4 Å². The van der Waals surface area contributed by atoms with Crippen LogP contribution in [0, 0.1) is 6.92 Å². The maximum atomic E-state index is 13.4. The molecule has 3 heterocycles. The highest BCUT2D eigenvalue weighted by molar-refractivity contribution is 8.27. The van der Waals surface area contributed by atoms with Gasteiger partial charge >= 0.3 is 0 Å². The van der Waals surface area contributed by atoms with Crippen molar-refractivity contribution in [3.8, 4) is 11.5 Å². The zero-order valence-electron chi connectivity index (χ0n) is 18.4.